The number of fused-ring (bicyclic) bond motifs is 1. The van der Waals surface area contributed by atoms with Crippen LogP contribution in [0.15, 0.2) is 40.2 Å². The number of hydrazine groups is 1. The van der Waals surface area contributed by atoms with E-state index in [0.717, 1.165) is 9.35 Å². The van der Waals surface area contributed by atoms with Crippen LogP contribution in [0.25, 0.3) is 9.40 Å². The number of halogens is 2. The van der Waals surface area contributed by atoms with Gasteiger partial charge in [0.1, 0.15) is 5.82 Å². The molecule has 0 spiro atoms. The van der Waals surface area contributed by atoms with Crippen LogP contribution in [0.4, 0.5) is 4.39 Å². The average molecular weight is 357 g/mol. The summed E-state index contributed by atoms with van der Waals surface area (Å²) in [5.41, 5.74) is 3.25. The second kappa shape index (κ2) is 5.30. The van der Waals surface area contributed by atoms with Crippen molar-refractivity contribution in [1.29, 1.82) is 0 Å². The van der Waals surface area contributed by atoms with Gasteiger partial charge in [-0.25, -0.2) is 9.82 Å². The molecule has 2 nitrogen and oxygen atoms in total. The highest BCUT2D eigenvalue weighted by atomic mass is 79.9. The molecule has 0 amide bonds. The molecule has 3 N–H and O–H groups in total. The minimum atomic E-state index is -0.331. The zero-order valence-corrected chi connectivity index (χ0v) is 12.9. The molecular formula is C13H10BrFN2S2. The van der Waals surface area contributed by atoms with Crippen LogP contribution in [0.2, 0.25) is 0 Å². The van der Waals surface area contributed by atoms with E-state index in [4.69, 9.17) is 5.84 Å². The van der Waals surface area contributed by atoms with Gasteiger partial charge in [-0.15, -0.1) is 22.7 Å². The molecule has 0 bridgehead atoms. The molecule has 0 aliphatic rings. The maximum atomic E-state index is 14.0. The molecule has 1 aromatic carbocycles. The zero-order valence-electron chi connectivity index (χ0n) is 9.69. The second-order valence-electron chi connectivity index (χ2n) is 4.06. The van der Waals surface area contributed by atoms with Gasteiger partial charge in [-0.05, 0) is 35.7 Å². The van der Waals surface area contributed by atoms with Gasteiger partial charge >= 0.3 is 0 Å². The van der Waals surface area contributed by atoms with E-state index in [-0.39, 0.29) is 11.9 Å². The predicted molar refractivity (Wildman–Crippen MR) is 83.0 cm³/mol. The van der Waals surface area contributed by atoms with Gasteiger partial charge in [0, 0.05) is 24.3 Å². The lowest BCUT2D eigenvalue weighted by atomic mass is 10.1. The van der Waals surface area contributed by atoms with Crippen molar-refractivity contribution in [2.24, 2.45) is 5.84 Å². The molecule has 98 valence electrons. The molecule has 3 aromatic rings. The van der Waals surface area contributed by atoms with Gasteiger partial charge in [-0.1, -0.05) is 15.9 Å². The summed E-state index contributed by atoms with van der Waals surface area (Å²) in [6, 6.07) is 8.68. The molecule has 0 saturated heterocycles. The van der Waals surface area contributed by atoms with E-state index in [2.05, 4.69) is 38.9 Å². The van der Waals surface area contributed by atoms with Crippen molar-refractivity contribution < 1.29 is 4.39 Å². The van der Waals surface area contributed by atoms with Crippen molar-refractivity contribution in [3.05, 3.63) is 56.4 Å². The van der Waals surface area contributed by atoms with Gasteiger partial charge in [0.05, 0.1) is 6.04 Å². The van der Waals surface area contributed by atoms with Crippen LogP contribution >= 0.6 is 38.6 Å². The summed E-state index contributed by atoms with van der Waals surface area (Å²) >= 11 is 6.67. The standard InChI is InChI=1S/C13H10BrFN2S2/c14-7-1-2-9(15)8(5-7)13(17-16)12-6-11-10(19-12)3-4-18-11/h1-6,13,17H,16H2. The summed E-state index contributed by atoms with van der Waals surface area (Å²) in [5, 5.41) is 2.05. The third-order valence-corrected chi connectivity index (χ3v) is 5.53. The highest BCUT2D eigenvalue weighted by Gasteiger charge is 2.19. The molecule has 2 heterocycles. The van der Waals surface area contributed by atoms with Crippen LogP contribution in [0, 0.1) is 5.82 Å². The van der Waals surface area contributed by atoms with E-state index < -0.39 is 0 Å². The molecule has 2 aromatic heterocycles. The van der Waals surface area contributed by atoms with E-state index in [9.17, 15) is 4.39 Å². The Morgan fingerprint density at radius 1 is 1.21 bits per heavy atom. The van der Waals surface area contributed by atoms with Crippen LogP contribution in [0.1, 0.15) is 16.5 Å². The van der Waals surface area contributed by atoms with Gasteiger partial charge in [-0.2, -0.15) is 0 Å². The Hall–Kier alpha value is -0.790. The first-order chi connectivity index (χ1) is 9.19. The Kier molecular flexibility index (Phi) is 3.68. The van der Waals surface area contributed by atoms with Gasteiger partial charge in [0.25, 0.3) is 0 Å². The summed E-state index contributed by atoms with van der Waals surface area (Å²) in [6.07, 6.45) is 0. The third kappa shape index (κ3) is 2.46. The predicted octanol–water partition coefficient (Wildman–Crippen LogP) is 4.42. The number of hydrogen-bond acceptors (Lipinski definition) is 4. The second-order valence-corrected chi connectivity index (χ2v) is 7.04. The molecule has 1 atom stereocenters. The number of nitrogens with two attached hydrogens (primary N) is 1. The highest BCUT2D eigenvalue weighted by molar-refractivity contribution is 9.10. The summed E-state index contributed by atoms with van der Waals surface area (Å²) in [4.78, 5) is 1.02. The summed E-state index contributed by atoms with van der Waals surface area (Å²) < 4.78 is 17.2. The lowest BCUT2D eigenvalue weighted by Crippen LogP contribution is -2.28. The van der Waals surface area contributed by atoms with E-state index in [1.807, 2.05) is 0 Å². The number of rotatable bonds is 3. The lowest BCUT2D eigenvalue weighted by molar-refractivity contribution is 0.564. The molecule has 0 saturated carbocycles. The van der Waals surface area contributed by atoms with Crippen molar-refractivity contribution in [1.82, 2.24) is 5.43 Å². The average Bonchev–Trinajstić information content (AvgIpc) is 2.95. The Balaban J connectivity index is 2.09. The van der Waals surface area contributed by atoms with Crippen molar-refractivity contribution >= 4 is 48.0 Å². The minimum Gasteiger partial charge on any atom is -0.271 e. The van der Waals surface area contributed by atoms with Gasteiger partial charge in [-0.3, -0.25) is 5.84 Å². The fourth-order valence-corrected chi connectivity index (χ4v) is 4.57. The molecule has 3 rings (SSSR count). The summed E-state index contributed by atoms with van der Waals surface area (Å²) in [5.74, 6) is 5.36. The molecule has 19 heavy (non-hydrogen) atoms. The maximum absolute atomic E-state index is 14.0. The first-order valence-electron chi connectivity index (χ1n) is 5.57. The summed E-state index contributed by atoms with van der Waals surface area (Å²) in [7, 11) is 0. The molecule has 0 fully saturated rings. The molecule has 0 aliphatic carbocycles. The monoisotopic (exact) mass is 356 g/mol. The number of benzene rings is 1. The Morgan fingerprint density at radius 2 is 2.05 bits per heavy atom. The summed E-state index contributed by atoms with van der Waals surface area (Å²) in [6.45, 7) is 0. The third-order valence-electron chi connectivity index (χ3n) is 2.88. The van der Waals surface area contributed by atoms with Crippen molar-refractivity contribution in [2.45, 2.75) is 6.04 Å². The van der Waals surface area contributed by atoms with Crippen LogP contribution in [0.5, 0.6) is 0 Å². The Bertz CT molecular complexity index is 694. The fraction of sp³-hybridized carbons (Fsp3) is 0.0769. The topological polar surface area (TPSA) is 38.0 Å². The SMILES string of the molecule is NNC(c1cc2sccc2s1)c1cc(Br)ccc1F. The van der Waals surface area contributed by atoms with E-state index in [1.165, 1.54) is 15.5 Å². The van der Waals surface area contributed by atoms with Crippen LogP contribution in [-0.2, 0) is 0 Å². The number of nitrogens with one attached hydrogen (secondary N) is 1. The zero-order chi connectivity index (χ0) is 13.4. The molecule has 0 aliphatic heterocycles. The Labute approximate surface area is 126 Å². The van der Waals surface area contributed by atoms with Gasteiger partial charge < -0.3 is 0 Å². The van der Waals surface area contributed by atoms with Crippen LogP contribution in [0.3, 0.4) is 0 Å². The quantitative estimate of drug-likeness (QED) is 0.538. The van der Waals surface area contributed by atoms with Crippen molar-refractivity contribution in [3.8, 4) is 0 Å². The smallest absolute Gasteiger partial charge is 0.128 e. The Morgan fingerprint density at radius 3 is 2.79 bits per heavy atom. The van der Waals surface area contributed by atoms with E-state index in [1.54, 1.807) is 34.8 Å². The molecule has 1 unspecified atom stereocenters. The van der Waals surface area contributed by atoms with Crippen molar-refractivity contribution in [2.75, 3.05) is 0 Å². The van der Waals surface area contributed by atoms with E-state index >= 15 is 0 Å². The maximum Gasteiger partial charge on any atom is 0.128 e. The molecule has 0 radical (unpaired) electrons. The molecular weight excluding hydrogens is 347 g/mol. The van der Waals surface area contributed by atoms with Crippen LogP contribution < -0.4 is 11.3 Å². The normalized spacial score (nSPS) is 13.0. The first kappa shape index (κ1) is 13.2. The highest BCUT2D eigenvalue weighted by Crippen LogP contribution is 2.36. The van der Waals surface area contributed by atoms with E-state index in [0.29, 0.717) is 5.56 Å². The number of hydrogen-bond donors (Lipinski definition) is 2. The van der Waals surface area contributed by atoms with Crippen molar-refractivity contribution in [3.63, 3.8) is 0 Å². The first-order valence-corrected chi connectivity index (χ1v) is 8.06. The molecule has 6 heteroatoms. The fourth-order valence-electron chi connectivity index (χ4n) is 1.99. The van der Waals surface area contributed by atoms with Crippen LogP contribution in [-0.4, -0.2) is 0 Å². The van der Waals surface area contributed by atoms with Gasteiger partial charge in [0.15, 0.2) is 0 Å². The van der Waals surface area contributed by atoms with Gasteiger partial charge in [0.2, 0.25) is 0 Å². The largest absolute Gasteiger partial charge is 0.271 e. The minimum absolute atomic E-state index is 0.261. The number of thiophene rings is 2. The lowest BCUT2D eigenvalue weighted by Gasteiger charge is -2.15.